The van der Waals surface area contributed by atoms with Gasteiger partial charge in [-0.2, -0.15) is 0 Å². The highest BCUT2D eigenvalue weighted by atomic mass is 16.5. The zero-order valence-electron chi connectivity index (χ0n) is 13.2. The van der Waals surface area contributed by atoms with Crippen molar-refractivity contribution in [2.75, 3.05) is 20.2 Å². The molecule has 3 heteroatoms. The van der Waals surface area contributed by atoms with Crippen LogP contribution in [0.4, 0.5) is 0 Å². The largest absolute Gasteiger partial charge is 0.497 e. The van der Waals surface area contributed by atoms with E-state index < -0.39 is 0 Å². The summed E-state index contributed by atoms with van der Waals surface area (Å²) in [6, 6.07) is 6.14. The topological polar surface area (TPSA) is 21.7 Å². The summed E-state index contributed by atoms with van der Waals surface area (Å²) in [5, 5.41) is 0. The summed E-state index contributed by atoms with van der Waals surface area (Å²) in [7, 11) is 1.71. The molecule has 0 aromatic heterocycles. The lowest BCUT2D eigenvalue weighted by atomic mass is 10.1. The molecule has 0 spiro atoms. The summed E-state index contributed by atoms with van der Waals surface area (Å²) >= 11 is 0. The Labute approximate surface area is 122 Å². The average molecular weight is 277 g/mol. The van der Waals surface area contributed by atoms with Crippen molar-refractivity contribution in [1.82, 2.24) is 4.90 Å². The molecule has 0 fully saturated rings. The molecule has 0 radical (unpaired) electrons. The first kappa shape index (κ1) is 15.2. The number of methoxy groups -OCH3 is 1. The number of rotatable bonds is 5. The minimum atomic E-state index is 0.286. The number of nitrogens with zero attached hydrogens (tertiary/aromatic N) is 1. The molecule has 20 heavy (non-hydrogen) atoms. The van der Waals surface area contributed by atoms with Crippen molar-refractivity contribution < 1.29 is 9.47 Å². The van der Waals surface area contributed by atoms with Gasteiger partial charge in [0.05, 0.1) is 7.11 Å². The van der Waals surface area contributed by atoms with Crippen molar-refractivity contribution in [3.63, 3.8) is 0 Å². The molecule has 112 valence electrons. The number of fused-ring (bicyclic) bond motifs is 1. The van der Waals surface area contributed by atoms with Gasteiger partial charge in [-0.1, -0.05) is 27.2 Å². The first-order valence-corrected chi connectivity index (χ1v) is 7.72. The Morgan fingerprint density at radius 1 is 1.40 bits per heavy atom. The molecule has 0 bridgehead atoms. The minimum absolute atomic E-state index is 0.286. The smallest absolute Gasteiger partial charge is 0.124 e. The number of hydrogen-bond acceptors (Lipinski definition) is 3. The Morgan fingerprint density at radius 2 is 2.20 bits per heavy atom. The molecule has 1 aliphatic heterocycles. The summed E-state index contributed by atoms with van der Waals surface area (Å²) in [6.45, 7) is 9.87. The molecule has 0 saturated carbocycles. The predicted octanol–water partition coefficient (Wildman–Crippen LogP) is 3.71. The van der Waals surface area contributed by atoms with E-state index in [9.17, 15) is 0 Å². The Hall–Kier alpha value is -1.22. The number of hydrogen-bond donors (Lipinski definition) is 0. The van der Waals surface area contributed by atoms with Crippen LogP contribution in [-0.2, 0) is 6.54 Å². The van der Waals surface area contributed by atoms with E-state index in [-0.39, 0.29) is 6.10 Å². The van der Waals surface area contributed by atoms with E-state index in [0.29, 0.717) is 0 Å². The number of ether oxygens (including phenoxy) is 2. The maximum atomic E-state index is 6.15. The first-order chi connectivity index (χ1) is 9.66. The maximum Gasteiger partial charge on any atom is 0.124 e. The van der Waals surface area contributed by atoms with Crippen LogP contribution in [0.3, 0.4) is 0 Å². The molecule has 1 aliphatic rings. The summed E-state index contributed by atoms with van der Waals surface area (Å²) in [5.41, 5.74) is 1.24. The molecule has 1 aromatic carbocycles. The van der Waals surface area contributed by atoms with Gasteiger partial charge < -0.3 is 9.47 Å². The van der Waals surface area contributed by atoms with Crippen LogP contribution in [0.25, 0.3) is 0 Å². The van der Waals surface area contributed by atoms with Gasteiger partial charge in [-0.15, -0.1) is 0 Å². The summed E-state index contributed by atoms with van der Waals surface area (Å²) in [6.07, 6.45) is 2.55. The first-order valence-electron chi connectivity index (χ1n) is 7.72. The van der Waals surface area contributed by atoms with Crippen LogP contribution in [0.1, 0.15) is 39.2 Å². The highest BCUT2D eigenvalue weighted by molar-refractivity contribution is 5.41. The van der Waals surface area contributed by atoms with Crippen molar-refractivity contribution in [3.8, 4) is 11.5 Å². The highest BCUT2D eigenvalue weighted by Gasteiger charge is 2.23. The zero-order valence-corrected chi connectivity index (χ0v) is 13.2. The lowest BCUT2D eigenvalue weighted by Crippen LogP contribution is -2.35. The molecule has 0 N–H and O–H groups in total. The molecular formula is C17H27NO2. The second-order valence-electron chi connectivity index (χ2n) is 5.83. The van der Waals surface area contributed by atoms with Crippen LogP contribution in [0.5, 0.6) is 11.5 Å². The van der Waals surface area contributed by atoms with Crippen LogP contribution in [0, 0.1) is 5.92 Å². The number of benzene rings is 1. The van der Waals surface area contributed by atoms with Crippen LogP contribution < -0.4 is 9.47 Å². The Balaban J connectivity index is 2.21. The molecule has 3 nitrogen and oxygen atoms in total. The predicted molar refractivity (Wildman–Crippen MR) is 82.4 cm³/mol. The molecule has 0 saturated heterocycles. The molecular weight excluding hydrogens is 250 g/mol. The van der Waals surface area contributed by atoms with Crippen molar-refractivity contribution in [2.24, 2.45) is 5.92 Å². The third kappa shape index (κ3) is 3.66. The average Bonchev–Trinajstić information content (AvgIpc) is 2.64. The Bertz CT molecular complexity index is 433. The second kappa shape index (κ2) is 6.98. The van der Waals surface area contributed by atoms with Crippen LogP contribution in [0.2, 0.25) is 0 Å². The molecule has 0 aliphatic carbocycles. The highest BCUT2D eigenvalue weighted by Crippen LogP contribution is 2.30. The zero-order chi connectivity index (χ0) is 14.5. The van der Waals surface area contributed by atoms with Gasteiger partial charge in [-0.3, -0.25) is 4.90 Å². The SMILES string of the molecule is CC[C@H](C)CN1Cc2cc(OC)ccc2O[C@@H](CC)C1. The van der Waals surface area contributed by atoms with E-state index in [1.165, 1.54) is 12.0 Å². The van der Waals surface area contributed by atoms with Crippen LogP contribution >= 0.6 is 0 Å². The van der Waals surface area contributed by atoms with Gasteiger partial charge in [0.2, 0.25) is 0 Å². The summed E-state index contributed by atoms with van der Waals surface area (Å²) in [5.74, 6) is 2.65. The Kier molecular flexibility index (Phi) is 5.30. The molecule has 0 amide bonds. The van der Waals surface area contributed by atoms with Gasteiger partial charge >= 0.3 is 0 Å². The lowest BCUT2D eigenvalue weighted by molar-refractivity contribution is 0.132. The molecule has 2 atom stereocenters. The third-order valence-corrected chi connectivity index (χ3v) is 4.14. The van der Waals surface area contributed by atoms with Gasteiger partial charge in [0.15, 0.2) is 0 Å². The van der Waals surface area contributed by atoms with Crippen molar-refractivity contribution in [2.45, 2.75) is 46.3 Å². The van der Waals surface area contributed by atoms with Gasteiger partial charge in [0.1, 0.15) is 17.6 Å². The van der Waals surface area contributed by atoms with E-state index in [2.05, 4.69) is 31.7 Å². The molecule has 0 unspecified atom stereocenters. The van der Waals surface area contributed by atoms with Gasteiger partial charge in [-0.05, 0) is 30.5 Å². The third-order valence-electron chi connectivity index (χ3n) is 4.14. The van der Waals surface area contributed by atoms with Gasteiger partial charge in [0, 0.05) is 25.2 Å². The Morgan fingerprint density at radius 3 is 2.85 bits per heavy atom. The quantitative estimate of drug-likeness (QED) is 0.819. The molecule has 1 heterocycles. The normalized spacial score (nSPS) is 20.7. The fourth-order valence-electron chi connectivity index (χ4n) is 2.65. The van der Waals surface area contributed by atoms with E-state index in [4.69, 9.17) is 9.47 Å². The van der Waals surface area contributed by atoms with Crippen molar-refractivity contribution in [1.29, 1.82) is 0 Å². The summed E-state index contributed by atoms with van der Waals surface area (Å²) < 4.78 is 11.5. The van der Waals surface area contributed by atoms with E-state index >= 15 is 0 Å². The van der Waals surface area contributed by atoms with Gasteiger partial charge in [-0.25, -0.2) is 0 Å². The van der Waals surface area contributed by atoms with Crippen LogP contribution in [0.15, 0.2) is 18.2 Å². The lowest BCUT2D eigenvalue weighted by Gasteiger charge is -2.25. The van der Waals surface area contributed by atoms with Gasteiger partial charge in [0.25, 0.3) is 0 Å². The summed E-state index contributed by atoms with van der Waals surface area (Å²) in [4.78, 5) is 2.52. The fourth-order valence-corrected chi connectivity index (χ4v) is 2.65. The van der Waals surface area contributed by atoms with E-state index in [0.717, 1.165) is 43.5 Å². The minimum Gasteiger partial charge on any atom is -0.497 e. The fraction of sp³-hybridized carbons (Fsp3) is 0.647. The van der Waals surface area contributed by atoms with E-state index in [1.54, 1.807) is 7.11 Å². The standard InChI is InChI=1S/C17H27NO2/c1-5-13(3)10-18-11-14-9-16(19-4)7-8-17(14)20-15(6-2)12-18/h7-9,13,15H,5-6,10-12H2,1-4H3/t13-,15-/m0/s1. The molecule has 1 aromatic rings. The molecule has 2 rings (SSSR count). The maximum absolute atomic E-state index is 6.15. The van der Waals surface area contributed by atoms with Crippen molar-refractivity contribution in [3.05, 3.63) is 23.8 Å². The van der Waals surface area contributed by atoms with E-state index in [1.807, 2.05) is 12.1 Å². The van der Waals surface area contributed by atoms with Crippen molar-refractivity contribution >= 4 is 0 Å². The second-order valence-corrected chi connectivity index (χ2v) is 5.83. The van der Waals surface area contributed by atoms with Crippen LogP contribution in [-0.4, -0.2) is 31.2 Å². The monoisotopic (exact) mass is 277 g/mol.